The second-order valence-electron chi connectivity index (χ2n) is 3.90. The summed E-state index contributed by atoms with van der Waals surface area (Å²) in [5.41, 5.74) is -0.109. The first-order valence-electron chi connectivity index (χ1n) is 5.03. The summed E-state index contributed by atoms with van der Waals surface area (Å²) >= 11 is 0. The van der Waals surface area contributed by atoms with Gasteiger partial charge in [0.1, 0.15) is 17.7 Å². The molecule has 0 amide bonds. The number of Topliss-reactive ketones (excluding diaryl/α,β-unsaturated/α-hetero) is 1. The summed E-state index contributed by atoms with van der Waals surface area (Å²) in [5.74, 6) is -1.18. The van der Waals surface area contributed by atoms with E-state index in [9.17, 15) is 14.3 Å². The summed E-state index contributed by atoms with van der Waals surface area (Å²) < 4.78 is 18.3. The third-order valence-electron chi connectivity index (χ3n) is 2.34. The molecule has 0 aliphatic heterocycles. The Labute approximate surface area is 93.9 Å². The Bertz CT molecular complexity index is 388. The zero-order valence-electron chi connectivity index (χ0n) is 9.53. The van der Waals surface area contributed by atoms with E-state index in [-0.39, 0.29) is 11.5 Å². The van der Waals surface area contributed by atoms with Crippen LogP contribution in [-0.2, 0) is 0 Å². The van der Waals surface area contributed by atoms with E-state index in [1.54, 1.807) is 13.8 Å². The number of ketones is 1. The molecule has 1 aromatic carbocycles. The molecule has 0 fully saturated rings. The summed E-state index contributed by atoms with van der Waals surface area (Å²) in [6.45, 7) is 3.40. The fourth-order valence-corrected chi connectivity index (χ4v) is 1.28. The summed E-state index contributed by atoms with van der Waals surface area (Å²) in [4.78, 5) is 11.7. The average molecular weight is 226 g/mol. The predicted octanol–water partition coefficient (Wildman–Crippen LogP) is 2.03. The van der Waals surface area contributed by atoms with Gasteiger partial charge in [0.2, 0.25) is 0 Å². The van der Waals surface area contributed by atoms with Gasteiger partial charge in [-0.1, -0.05) is 13.8 Å². The molecule has 88 valence electrons. The molecule has 0 saturated carbocycles. The molecule has 3 nitrogen and oxygen atoms in total. The van der Waals surface area contributed by atoms with Gasteiger partial charge in [-0.05, 0) is 18.1 Å². The SMILES string of the molecule is COc1ccc(C(=O)C(O)C(C)C)c(F)c1. The number of carbonyl (C=O) groups is 1. The molecule has 1 rings (SSSR count). The average Bonchev–Trinajstić information content (AvgIpc) is 2.26. The molecular formula is C12H15FO3. The van der Waals surface area contributed by atoms with E-state index in [4.69, 9.17) is 4.74 Å². The number of carbonyl (C=O) groups excluding carboxylic acids is 1. The Balaban J connectivity index is 3.01. The molecular weight excluding hydrogens is 211 g/mol. The normalized spacial score (nSPS) is 12.6. The van der Waals surface area contributed by atoms with E-state index in [1.807, 2.05) is 0 Å². The fraction of sp³-hybridized carbons (Fsp3) is 0.417. The van der Waals surface area contributed by atoms with Crippen molar-refractivity contribution < 1.29 is 19.0 Å². The van der Waals surface area contributed by atoms with Crippen molar-refractivity contribution >= 4 is 5.78 Å². The van der Waals surface area contributed by atoms with Crippen LogP contribution in [0.2, 0.25) is 0 Å². The first-order chi connectivity index (χ1) is 7.47. The van der Waals surface area contributed by atoms with Gasteiger partial charge in [0, 0.05) is 6.07 Å². The Morgan fingerprint density at radius 1 is 1.44 bits per heavy atom. The van der Waals surface area contributed by atoms with E-state index in [0.717, 1.165) is 6.07 Å². The molecule has 1 atom stereocenters. The minimum absolute atomic E-state index is 0.109. The third kappa shape index (κ3) is 2.58. The predicted molar refractivity (Wildman–Crippen MR) is 58.1 cm³/mol. The van der Waals surface area contributed by atoms with Gasteiger partial charge >= 0.3 is 0 Å². The van der Waals surface area contributed by atoms with Crippen molar-refractivity contribution in [2.24, 2.45) is 5.92 Å². The van der Waals surface area contributed by atoms with E-state index in [0.29, 0.717) is 5.75 Å². The molecule has 1 aromatic rings. The fourth-order valence-electron chi connectivity index (χ4n) is 1.28. The monoisotopic (exact) mass is 226 g/mol. The van der Waals surface area contributed by atoms with Crippen molar-refractivity contribution in [3.63, 3.8) is 0 Å². The van der Waals surface area contributed by atoms with Crippen LogP contribution < -0.4 is 4.74 Å². The number of halogens is 1. The van der Waals surface area contributed by atoms with Crippen molar-refractivity contribution in [3.05, 3.63) is 29.6 Å². The Morgan fingerprint density at radius 2 is 2.06 bits per heavy atom. The number of benzene rings is 1. The van der Waals surface area contributed by atoms with Crippen molar-refractivity contribution in [1.82, 2.24) is 0 Å². The van der Waals surface area contributed by atoms with Gasteiger partial charge in [0.05, 0.1) is 12.7 Å². The molecule has 0 aliphatic carbocycles. The minimum atomic E-state index is -1.18. The van der Waals surface area contributed by atoms with Crippen molar-refractivity contribution in [1.29, 1.82) is 0 Å². The molecule has 1 N–H and O–H groups in total. The van der Waals surface area contributed by atoms with Crippen molar-refractivity contribution in [2.75, 3.05) is 7.11 Å². The summed E-state index contributed by atoms with van der Waals surface area (Å²) in [7, 11) is 1.42. The maximum atomic E-state index is 13.5. The van der Waals surface area contributed by atoms with Crippen LogP contribution in [0.5, 0.6) is 5.75 Å². The third-order valence-corrected chi connectivity index (χ3v) is 2.34. The number of hydrogen-bond donors (Lipinski definition) is 1. The standard InChI is InChI=1S/C12H15FO3/c1-7(2)11(14)12(15)9-5-4-8(16-3)6-10(9)13/h4-7,11,14H,1-3H3. The first-order valence-corrected chi connectivity index (χ1v) is 5.03. The number of rotatable bonds is 4. The van der Waals surface area contributed by atoms with Gasteiger partial charge < -0.3 is 9.84 Å². The van der Waals surface area contributed by atoms with Crippen LogP contribution in [0.15, 0.2) is 18.2 Å². The highest BCUT2D eigenvalue weighted by atomic mass is 19.1. The molecule has 16 heavy (non-hydrogen) atoms. The second kappa shape index (κ2) is 5.07. The lowest BCUT2D eigenvalue weighted by Gasteiger charge is -2.13. The Morgan fingerprint density at radius 3 is 2.50 bits per heavy atom. The molecule has 0 radical (unpaired) electrons. The second-order valence-corrected chi connectivity index (χ2v) is 3.90. The van der Waals surface area contributed by atoms with Crippen LogP contribution in [0.1, 0.15) is 24.2 Å². The van der Waals surface area contributed by atoms with Gasteiger partial charge in [0.15, 0.2) is 5.78 Å². The quantitative estimate of drug-likeness (QED) is 0.799. The van der Waals surface area contributed by atoms with Crippen LogP contribution in [0.25, 0.3) is 0 Å². The van der Waals surface area contributed by atoms with Gasteiger partial charge in [0.25, 0.3) is 0 Å². The van der Waals surface area contributed by atoms with Gasteiger partial charge in [-0.25, -0.2) is 4.39 Å². The number of aliphatic hydroxyl groups excluding tert-OH is 1. The van der Waals surface area contributed by atoms with Gasteiger partial charge in [-0.2, -0.15) is 0 Å². The highest BCUT2D eigenvalue weighted by Gasteiger charge is 2.23. The van der Waals surface area contributed by atoms with E-state index < -0.39 is 17.7 Å². The van der Waals surface area contributed by atoms with E-state index in [2.05, 4.69) is 0 Å². The van der Waals surface area contributed by atoms with Crippen LogP contribution >= 0.6 is 0 Å². The lowest BCUT2D eigenvalue weighted by molar-refractivity contribution is 0.0643. The molecule has 0 bridgehead atoms. The van der Waals surface area contributed by atoms with Crippen LogP contribution in [-0.4, -0.2) is 24.1 Å². The molecule has 4 heteroatoms. The smallest absolute Gasteiger partial charge is 0.194 e. The number of aliphatic hydroxyl groups is 1. The number of hydrogen-bond acceptors (Lipinski definition) is 3. The molecule has 0 spiro atoms. The summed E-state index contributed by atoms with van der Waals surface area (Å²) in [5, 5.41) is 9.55. The van der Waals surface area contributed by atoms with E-state index in [1.165, 1.54) is 19.2 Å². The van der Waals surface area contributed by atoms with Crippen molar-refractivity contribution in [2.45, 2.75) is 20.0 Å². The molecule has 1 unspecified atom stereocenters. The molecule has 0 aromatic heterocycles. The maximum Gasteiger partial charge on any atom is 0.194 e. The molecule has 0 heterocycles. The number of ether oxygens (including phenoxy) is 1. The minimum Gasteiger partial charge on any atom is -0.497 e. The summed E-state index contributed by atoms with van der Waals surface area (Å²) in [6.07, 6.45) is -1.18. The zero-order valence-corrected chi connectivity index (χ0v) is 9.53. The van der Waals surface area contributed by atoms with Gasteiger partial charge in [-0.15, -0.1) is 0 Å². The van der Waals surface area contributed by atoms with Crippen LogP contribution in [0, 0.1) is 11.7 Å². The Hall–Kier alpha value is -1.42. The highest BCUT2D eigenvalue weighted by molar-refractivity contribution is 5.99. The number of methoxy groups -OCH3 is 1. The molecule has 0 aliphatic rings. The first kappa shape index (κ1) is 12.6. The van der Waals surface area contributed by atoms with Gasteiger partial charge in [-0.3, -0.25) is 4.79 Å². The highest BCUT2D eigenvalue weighted by Crippen LogP contribution is 2.19. The van der Waals surface area contributed by atoms with Crippen LogP contribution in [0.4, 0.5) is 4.39 Å². The summed E-state index contributed by atoms with van der Waals surface area (Å²) in [6, 6.07) is 3.94. The zero-order chi connectivity index (χ0) is 12.3. The topological polar surface area (TPSA) is 46.5 Å². The molecule has 0 saturated heterocycles. The Kier molecular flexibility index (Phi) is 4.01. The lowest BCUT2D eigenvalue weighted by Crippen LogP contribution is -2.26. The lowest BCUT2D eigenvalue weighted by atomic mass is 9.97. The van der Waals surface area contributed by atoms with Crippen LogP contribution in [0.3, 0.4) is 0 Å². The maximum absolute atomic E-state index is 13.5. The largest absolute Gasteiger partial charge is 0.497 e. The van der Waals surface area contributed by atoms with E-state index >= 15 is 0 Å². The van der Waals surface area contributed by atoms with Crippen molar-refractivity contribution in [3.8, 4) is 5.75 Å².